The van der Waals surface area contributed by atoms with Crippen LogP contribution in [0.5, 0.6) is 0 Å². The molecule has 0 radical (unpaired) electrons. The molecule has 0 aliphatic rings. The number of halogens is 1. The van der Waals surface area contributed by atoms with Gasteiger partial charge in [-0.2, -0.15) is 0 Å². The molecule has 0 amide bonds. The molecule has 0 bridgehead atoms. The van der Waals surface area contributed by atoms with Gasteiger partial charge in [-0.25, -0.2) is 0 Å². The molecular weight excluding hydrogens is 371 g/mol. The number of allylic oxidation sites excluding steroid dienone is 1. The van der Waals surface area contributed by atoms with E-state index < -0.39 is 16.2 Å². The summed E-state index contributed by atoms with van der Waals surface area (Å²) in [5, 5.41) is 9.90. The van der Waals surface area contributed by atoms with E-state index in [2.05, 4.69) is 39.6 Å². The van der Waals surface area contributed by atoms with E-state index in [0.29, 0.717) is 0 Å². The van der Waals surface area contributed by atoms with Gasteiger partial charge in [0.2, 0.25) is 0 Å². The summed E-state index contributed by atoms with van der Waals surface area (Å²) >= 11 is 1.73. The second-order valence-corrected chi connectivity index (χ2v) is 24.8. The normalized spacial score (nSPS) is 15.2. The third-order valence-electron chi connectivity index (χ3n) is 3.13. The molecule has 0 saturated carbocycles. The van der Waals surface area contributed by atoms with Crippen LogP contribution in [-0.2, 0) is 0 Å². The van der Waals surface area contributed by atoms with E-state index in [1.807, 2.05) is 6.92 Å². The summed E-state index contributed by atoms with van der Waals surface area (Å²) in [5.41, 5.74) is 0. The zero-order valence-electron chi connectivity index (χ0n) is 11.2. The molecule has 0 rings (SSSR count). The van der Waals surface area contributed by atoms with Gasteiger partial charge in [0, 0.05) is 0 Å². The predicted octanol–water partition coefficient (Wildman–Crippen LogP) is 4.79. The van der Waals surface area contributed by atoms with E-state index in [0.717, 1.165) is 0 Å². The first kappa shape index (κ1) is 17.0. The van der Waals surface area contributed by atoms with Crippen LogP contribution in [-0.4, -0.2) is 27.4 Å². The summed E-state index contributed by atoms with van der Waals surface area (Å²) in [7, 11) is 0. The van der Waals surface area contributed by atoms with Gasteiger partial charge in [0.25, 0.3) is 0 Å². The average molecular weight is 398 g/mol. The van der Waals surface area contributed by atoms with Crippen LogP contribution in [0.25, 0.3) is 0 Å². The topological polar surface area (TPSA) is 20.2 Å². The predicted molar refractivity (Wildman–Crippen MR) is 79.5 cm³/mol. The van der Waals surface area contributed by atoms with Crippen molar-refractivity contribution in [3.05, 3.63) is 9.67 Å². The number of aliphatic hydroxyl groups is 1. The van der Waals surface area contributed by atoms with E-state index >= 15 is 0 Å². The number of aliphatic hydroxyl groups excluding tert-OH is 1. The molecule has 1 unspecified atom stereocenters. The molecule has 16 heavy (non-hydrogen) atoms. The Morgan fingerprint density at radius 1 is 1.25 bits per heavy atom. The van der Waals surface area contributed by atoms with Gasteiger partial charge >= 0.3 is 112 Å². The molecule has 0 heterocycles. The van der Waals surface area contributed by atoms with Crippen molar-refractivity contribution in [3.8, 4) is 0 Å². The molecule has 0 aromatic heterocycles. The van der Waals surface area contributed by atoms with Crippen LogP contribution in [0.4, 0.5) is 0 Å². The van der Waals surface area contributed by atoms with Gasteiger partial charge in [-0.15, -0.1) is 0 Å². The standard InChI is InChI=1S/C5H9O.2C4H9.BrH.Sn/c1-3-4-5(2)6;2*1-3-4-2;;/h3,5-6H,1-2H3;2*1,3-4H2,2H3;1H;/q;;;;+1/p-1. The van der Waals surface area contributed by atoms with E-state index in [-0.39, 0.29) is 6.10 Å². The summed E-state index contributed by atoms with van der Waals surface area (Å²) in [4.78, 5) is 0. The Labute approximate surface area is 111 Å². The summed E-state index contributed by atoms with van der Waals surface area (Å²) in [6, 6.07) is 0. The maximum absolute atomic E-state index is 9.90. The third kappa shape index (κ3) is 5.54. The third-order valence-corrected chi connectivity index (χ3v) is 23.0. The molecule has 0 fully saturated rings. The zero-order valence-corrected chi connectivity index (χ0v) is 15.7. The molecule has 0 spiro atoms. The molecule has 1 atom stereocenters. The van der Waals surface area contributed by atoms with Crippen LogP contribution in [0, 0.1) is 0 Å². The first-order valence-electron chi connectivity index (χ1n) is 6.55. The number of rotatable bonds is 8. The van der Waals surface area contributed by atoms with Crippen molar-refractivity contribution in [2.24, 2.45) is 0 Å². The molecule has 0 aromatic carbocycles. The van der Waals surface area contributed by atoms with Gasteiger partial charge in [0.1, 0.15) is 0 Å². The second kappa shape index (κ2) is 8.98. The van der Waals surface area contributed by atoms with E-state index in [1.54, 1.807) is 0 Å². The first-order chi connectivity index (χ1) is 7.51. The summed E-state index contributed by atoms with van der Waals surface area (Å²) in [6.45, 7) is 8.49. The Balaban J connectivity index is 4.73. The first-order valence-corrected chi connectivity index (χ1v) is 18.4. The van der Waals surface area contributed by atoms with Crippen LogP contribution in [0.3, 0.4) is 0 Å². The number of hydrogen-bond acceptors (Lipinski definition) is 1. The van der Waals surface area contributed by atoms with Crippen molar-refractivity contribution >= 4 is 28.9 Å². The molecule has 3 heteroatoms. The van der Waals surface area contributed by atoms with Crippen molar-refractivity contribution in [2.45, 2.75) is 68.4 Å². The van der Waals surface area contributed by atoms with Crippen LogP contribution in [0.2, 0.25) is 8.87 Å². The van der Waals surface area contributed by atoms with Gasteiger partial charge in [0.15, 0.2) is 0 Å². The molecule has 1 N–H and O–H groups in total. The van der Waals surface area contributed by atoms with Crippen LogP contribution < -0.4 is 0 Å². The molecule has 96 valence electrons. The van der Waals surface area contributed by atoms with Crippen LogP contribution in [0.15, 0.2) is 9.67 Å². The van der Waals surface area contributed by atoms with Gasteiger partial charge in [0.05, 0.1) is 0 Å². The monoisotopic (exact) mass is 398 g/mol. The molecule has 0 aliphatic heterocycles. The van der Waals surface area contributed by atoms with E-state index in [9.17, 15) is 5.11 Å². The van der Waals surface area contributed by atoms with Crippen molar-refractivity contribution in [1.82, 2.24) is 0 Å². The van der Waals surface area contributed by atoms with Crippen LogP contribution in [0.1, 0.15) is 53.4 Å². The van der Waals surface area contributed by atoms with Crippen molar-refractivity contribution in [2.75, 3.05) is 0 Å². The van der Waals surface area contributed by atoms with Gasteiger partial charge < -0.3 is 0 Å². The molecule has 0 aromatic rings. The quantitative estimate of drug-likeness (QED) is 0.583. The fourth-order valence-corrected chi connectivity index (χ4v) is 20.9. The van der Waals surface area contributed by atoms with Crippen molar-refractivity contribution < 1.29 is 5.11 Å². The molecule has 1 nitrogen and oxygen atoms in total. The Morgan fingerprint density at radius 2 is 1.69 bits per heavy atom. The van der Waals surface area contributed by atoms with Gasteiger partial charge in [-0.3, -0.25) is 0 Å². The van der Waals surface area contributed by atoms with E-state index in [4.69, 9.17) is 0 Å². The fourth-order valence-electron chi connectivity index (χ4n) is 2.20. The maximum atomic E-state index is 9.90. The zero-order chi connectivity index (χ0) is 12.6. The van der Waals surface area contributed by atoms with Gasteiger partial charge in [-0.1, -0.05) is 0 Å². The number of hydrogen-bond donors (Lipinski definition) is 1. The Bertz CT molecular complexity index is 206. The summed E-state index contributed by atoms with van der Waals surface area (Å²) in [6.07, 6.45) is 7.03. The Hall–Kier alpha value is 0.979. The van der Waals surface area contributed by atoms with Crippen LogP contribution >= 0.6 is 12.7 Å². The SMILES string of the molecule is C/C=[C](/C(C)O)[Sn]([Br])([CH2]CCC)[CH2]CCC. The molecule has 0 saturated heterocycles. The number of unbranched alkanes of at least 4 members (excludes halogenated alkanes) is 2. The summed E-state index contributed by atoms with van der Waals surface area (Å²) in [5.74, 6) is 0. The Kier molecular flexibility index (Phi) is 9.53. The van der Waals surface area contributed by atoms with Gasteiger partial charge in [-0.05, 0) is 0 Å². The average Bonchev–Trinajstić information content (AvgIpc) is 2.24. The summed E-state index contributed by atoms with van der Waals surface area (Å²) < 4.78 is 4.02. The Morgan fingerprint density at radius 3 is 1.94 bits per heavy atom. The van der Waals surface area contributed by atoms with Crippen molar-refractivity contribution in [3.63, 3.8) is 0 Å². The molecular formula is C13H27BrOSn. The fraction of sp³-hybridized carbons (Fsp3) is 0.846. The second-order valence-electron chi connectivity index (χ2n) is 4.59. The molecule has 0 aliphatic carbocycles. The minimum absolute atomic E-state index is 0.256. The van der Waals surface area contributed by atoms with Crippen molar-refractivity contribution in [1.29, 1.82) is 0 Å². The minimum atomic E-state index is -2.37. The van der Waals surface area contributed by atoms with E-state index in [1.165, 1.54) is 38.1 Å².